The maximum atomic E-state index is 12.3. The lowest BCUT2D eigenvalue weighted by molar-refractivity contribution is 0.0148. The van der Waals surface area contributed by atoms with Crippen LogP contribution >= 0.6 is 0 Å². The molecular formula is C18H27N5OS. The average Bonchev–Trinajstić information content (AvgIpc) is 2.98. The molecule has 2 aliphatic carbocycles. The van der Waals surface area contributed by atoms with Crippen molar-refractivity contribution in [3.63, 3.8) is 0 Å². The van der Waals surface area contributed by atoms with Crippen molar-refractivity contribution in [2.75, 3.05) is 18.5 Å². The lowest BCUT2D eigenvalue weighted by Gasteiger charge is -2.59. The minimum absolute atomic E-state index is 0.334. The van der Waals surface area contributed by atoms with Gasteiger partial charge < -0.3 is 9.88 Å². The van der Waals surface area contributed by atoms with E-state index in [-0.39, 0.29) is 0 Å². The molecule has 2 saturated carbocycles. The van der Waals surface area contributed by atoms with Crippen LogP contribution in [0.25, 0.3) is 11.0 Å². The summed E-state index contributed by atoms with van der Waals surface area (Å²) in [6.07, 6.45) is 8.09. The van der Waals surface area contributed by atoms with Gasteiger partial charge in [-0.05, 0) is 43.1 Å². The van der Waals surface area contributed by atoms with Crippen LogP contribution in [0.2, 0.25) is 0 Å². The normalized spacial score (nSPS) is 29.6. The Bertz CT molecular complexity index is 775. The number of hydrogen-bond acceptors (Lipinski definition) is 4. The third-order valence-electron chi connectivity index (χ3n) is 5.81. The SMILES string of the molecule is CC(C)CNS(=O)C1CC2(CC(N(C)c3ncnc4[nH]ccc34)C2)C1. The van der Waals surface area contributed by atoms with Gasteiger partial charge in [0.1, 0.15) is 17.8 Å². The highest BCUT2D eigenvalue weighted by Gasteiger charge is 2.55. The number of nitrogens with one attached hydrogen (secondary N) is 2. The minimum atomic E-state index is -0.872. The van der Waals surface area contributed by atoms with E-state index in [2.05, 4.69) is 45.5 Å². The number of hydrogen-bond donors (Lipinski definition) is 2. The molecule has 136 valence electrons. The van der Waals surface area contributed by atoms with Gasteiger partial charge in [-0.15, -0.1) is 0 Å². The molecular weight excluding hydrogens is 334 g/mol. The quantitative estimate of drug-likeness (QED) is 0.829. The Hall–Kier alpha value is -1.47. The van der Waals surface area contributed by atoms with Crippen LogP contribution in [-0.4, -0.2) is 44.0 Å². The number of aromatic amines is 1. The highest BCUT2D eigenvalue weighted by atomic mass is 32.2. The maximum Gasteiger partial charge on any atom is 0.142 e. The summed E-state index contributed by atoms with van der Waals surface area (Å²) in [6.45, 7) is 5.13. The molecule has 2 fully saturated rings. The first-order valence-electron chi connectivity index (χ1n) is 9.12. The number of aromatic nitrogens is 3. The van der Waals surface area contributed by atoms with Gasteiger partial charge in [-0.1, -0.05) is 13.8 Å². The van der Waals surface area contributed by atoms with Crippen molar-refractivity contribution in [2.45, 2.75) is 50.8 Å². The van der Waals surface area contributed by atoms with Gasteiger partial charge >= 0.3 is 0 Å². The molecule has 1 spiro atoms. The molecule has 2 heterocycles. The van der Waals surface area contributed by atoms with Gasteiger partial charge in [-0.25, -0.2) is 18.9 Å². The number of fused-ring (bicyclic) bond motifs is 1. The lowest BCUT2D eigenvalue weighted by Crippen LogP contribution is -2.59. The molecule has 25 heavy (non-hydrogen) atoms. The van der Waals surface area contributed by atoms with Crippen LogP contribution in [0, 0.1) is 11.3 Å². The molecule has 0 aliphatic heterocycles. The fourth-order valence-corrected chi connectivity index (χ4v) is 6.03. The summed E-state index contributed by atoms with van der Waals surface area (Å²) < 4.78 is 15.5. The Morgan fingerprint density at radius 3 is 2.84 bits per heavy atom. The van der Waals surface area contributed by atoms with Gasteiger partial charge in [-0.2, -0.15) is 0 Å². The van der Waals surface area contributed by atoms with Crippen molar-refractivity contribution in [3.8, 4) is 0 Å². The van der Waals surface area contributed by atoms with Crippen LogP contribution in [0.1, 0.15) is 39.5 Å². The predicted molar refractivity (Wildman–Crippen MR) is 102 cm³/mol. The van der Waals surface area contributed by atoms with E-state index >= 15 is 0 Å². The van der Waals surface area contributed by atoms with Crippen LogP contribution < -0.4 is 9.62 Å². The molecule has 2 N–H and O–H groups in total. The second-order valence-electron chi connectivity index (χ2n) is 8.18. The van der Waals surface area contributed by atoms with Gasteiger partial charge in [0.2, 0.25) is 0 Å². The first-order valence-corrected chi connectivity index (χ1v) is 10.3. The standard InChI is InChI=1S/C18H27N5OS/c1-12(2)10-22-25(24)14-8-18(9-14)6-13(7-18)23(3)17-15-4-5-19-16(15)20-11-21-17/h4-5,11-14,22H,6-10H2,1-3H3,(H,19,20,21). The van der Waals surface area contributed by atoms with Crippen LogP contribution in [0.15, 0.2) is 18.6 Å². The second kappa shape index (κ2) is 6.36. The number of rotatable bonds is 6. The van der Waals surface area contributed by atoms with Gasteiger partial charge in [-0.3, -0.25) is 0 Å². The molecule has 0 amide bonds. The van der Waals surface area contributed by atoms with Crippen LogP contribution in [0.4, 0.5) is 5.82 Å². The third-order valence-corrected chi connectivity index (χ3v) is 7.20. The molecule has 1 unspecified atom stereocenters. The largest absolute Gasteiger partial charge is 0.356 e. The van der Waals surface area contributed by atoms with E-state index in [1.807, 2.05) is 12.3 Å². The van der Waals surface area contributed by atoms with E-state index in [1.54, 1.807) is 6.33 Å². The first-order chi connectivity index (χ1) is 12.0. The fourth-order valence-electron chi connectivity index (χ4n) is 4.28. The Labute approximate surface area is 151 Å². The topological polar surface area (TPSA) is 73.9 Å². The summed E-state index contributed by atoms with van der Waals surface area (Å²) in [7, 11) is 1.26. The van der Waals surface area contributed by atoms with Gasteiger partial charge in [0.25, 0.3) is 0 Å². The summed E-state index contributed by atoms with van der Waals surface area (Å²) in [4.78, 5) is 14.2. The molecule has 2 aliphatic rings. The summed E-state index contributed by atoms with van der Waals surface area (Å²) >= 11 is 0. The first kappa shape index (κ1) is 17.0. The highest BCUT2D eigenvalue weighted by Crippen LogP contribution is 2.58. The molecule has 0 aromatic carbocycles. The molecule has 0 radical (unpaired) electrons. The Morgan fingerprint density at radius 2 is 2.12 bits per heavy atom. The van der Waals surface area contributed by atoms with Crippen molar-refractivity contribution in [1.29, 1.82) is 0 Å². The van der Waals surface area contributed by atoms with Gasteiger partial charge in [0.15, 0.2) is 0 Å². The smallest absolute Gasteiger partial charge is 0.142 e. The summed E-state index contributed by atoms with van der Waals surface area (Å²) in [5.41, 5.74) is 1.31. The Morgan fingerprint density at radius 1 is 1.36 bits per heavy atom. The van der Waals surface area contributed by atoms with Crippen LogP contribution in [0.5, 0.6) is 0 Å². The zero-order valence-corrected chi connectivity index (χ0v) is 16.0. The van der Waals surface area contributed by atoms with Crippen molar-refractivity contribution in [2.24, 2.45) is 11.3 Å². The molecule has 1 atom stereocenters. The second-order valence-corrected chi connectivity index (χ2v) is 9.73. The molecule has 2 aromatic heterocycles. The molecule has 4 rings (SSSR count). The number of nitrogens with zero attached hydrogens (tertiary/aromatic N) is 3. The van der Waals surface area contributed by atoms with Crippen molar-refractivity contribution < 1.29 is 4.21 Å². The number of anilines is 1. The van der Waals surface area contributed by atoms with Crippen molar-refractivity contribution >= 4 is 27.8 Å². The van der Waals surface area contributed by atoms with E-state index in [1.165, 1.54) is 12.8 Å². The van der Waals surface area contributed by atoms with E-state index in [9.17, 15) is 4.21 Å². The van der Waals surface area contributed by atoms with E-state index < -0.39 is 11.0 Å². The lowest BCUT2D eigenvalue weighted by atomic mass is 9.53. The third kappa shape index (κ3) is 3.08. The monoisotopic (exact) mass is 361 g/mol. The fraction of sp³-hybridized carbons (Fsp3) is 0.667. The molecule has 0 saturated heterocycles. The van der Waals surface area contributed by atoms with E-state index in [4.69, 9.17) is 0 Å². The highest BCUT2D eigenvalue weighted by molar-refractivity contribution is 7.83. The zero-order valence-electron chi connectivity index (χ0n) is 15.2. The molecule has 7 heteroatoms. The summed E-state index contributed by atoms with van der Waals surface area (Å²) in [5, 5.41) is 1.41. The van der Waals surface area contributed by atoms with Crippen molar-refractivity contribution in [3.05, 3.63) is 18.6 Å². The Balaban J connectivity index is 1.32. The van der Waals surface area contributed by atoms with Crippen molar-refractivity contribution in [1.82, 2.24) is 19.7 Å². The number of H-pyrrole nitrogens is 1. The summed E-state index contributed by atoms with van der Waals surface area (Å²) in [5.74, 6) is 1.54. The zero-order chi connectivity index (χ0) is 17.6. The Kier molecular flexibility index (Phi) is 4.32. The van der Waals surface area contributed by atoms with Gasteiger partial charge in [0, 0.05) is 25.8 Å². The van der Waals surface area contributed by atoms with Crippen LogP contribution in [-0.2, 0) is 11.0 Å². The molecule has 6 nitrogen and oxygen atoms in total. The predicted octanol–water partition coefficient (Wildman–Crippen LogP) is 2.61. The van der Waals surface area contributed by atoms with Crippen LogP contribution in [0.3, 0.4) is 0 Å². The minimum Gasteiger partial charge on any atom is -0.356 e. The maximum absolute atomic E-state index is 12.3. The summed E-state index contributed by atoms with van der Waals surface area (Å²) in [6, 6.07) is 2.56. The van der Waals surface area contributed by atoms with E-state index in [0.717, 1.165) is 36.2 Å². The molecule has 0 bridgehead atoms. The molecule has 2 aromatic rings. The average molecular weight is 362 g/mol. The van der Waals surface area contributed by atoms with E-state index in [0.29, 0.717) is 22.6 Å². The van der Waals surface area contributed by atoms with Gasteiger partial charge in [0.05, 0.1) is 21.6 Å².